The molecule has 1 aromatic rings. The van der Waals surface area contributed by atoms with E-state index in [0.29, 0.717) is 0 Å². The van der Waals surface area contributed by atoms with Crippen molar-refractivity contribution in [2.75, 3.05) is 26.2 Å². The fourth-order valence-electron chi connectivity index (χ4n) is 3.22. The molecule has 0 aliphatic heterocycles. The average molecular weight is 354 g/mol. The molecule has 2 rings (SSSR count). The molecule has 0 unspecified atom stereocenters. The van der Waals surface area contributed by atoms with Crippen LogP contribution in [0.25, 0.3) is 0 Å². The minimum atomic E-state index is 0.852. The van der Waals surface area contributed by atoms with Crippen LogP contribution in [0.5, 0.6) is 0 Å². The third-order valence-corrected chi connectivity index (χ3v) is 4.81. The van der Waals surface area contributed by atoms with Gasteiger partial charge >= 0.3 is 0 Å². The van der Waals surface area contributed by atoms with Crippen molar-refractivity contribution in [3.63, 3.8) is 0 Å². The Labute approximate surface area is 160 Å². The molecule has 0 spiro atoms. The zero-order valence-electron chi connectivity index (χ0n) is 16.2. The first-order valence-electron chi connectivity index (χ1n) is 10.2. The highest BCUT2D eigenvalue weighted by atomic mass is 16.5. The Morgan fingerprint density at radius 2 is 1.81 bits per heavy atom. The Hall–Kier alpha value is -1.80. The zero-order chi connectivity index (χ0) is 18.3. The van der Waals surface area contributed by atoms with Crippen molar-refractivity contribution in [3.8, 4) is 0 Å². The molecule has 0 bridgehead atoms. The minimum Gasteiger partial charge on any atom is -0.494 e. The van der Waals surface area contributed by atoms with Gasteiger partial charge in [-0.2, -0.15) is 0 Å². The molecule has 26 heavy (non-hydrogen) atoms. The van der Waals surface area contributed by atoms with Crippen LogP contribution in [0.1, 0.15) is 50.5 Å². The van der Waals surface area contributed by atoms with Gasteiger partial charge in [-0.05, 0) is 62.8 Å². The largest absolute Gasteiger partial charge is 0.494 e. The summed E-state index contributed by atoms with van der Waals surface area (Å²) in [7, 11) is 0. The van der Waals surface area contributed by atoms with Gasteiger partial charge < -0.3 is 9.64 Å². The number of allylic oxidation sites excluding steroid dienone is 3. The lowest BCUT2D eigenvalue weighted by atomic mass is 10.1. The number of rotatable bonds is 14. The molecule has 0 fully saturated rings. The van der Waals surface area contributed by atoms with Crippen LogP contribution in [0.4, 0.5) is 0 Å². The van der Waals surface area contributed by atoms with Crippen molar-refractivity contribution in [3.05, 3.63) is 72.5 Å². The summed E-state index contributed by atoms with van der Waals surface area (Å²) in [4.78, 5) is 2.59. The van der Waals surface area contributed by atoms with Crippen LogP contribution < -0.4 is 0 Å². The molecule has 2 nitrogen and oxygen atoms in total. The molecule has 0 radical (unpaired) electrons. The molecule has 1 aromatic carbocycles. The van der Waals surface area contributed by atoms with E-state index in [0.717, 1.165) is 57.6 Å². The summed E-state index contributed by atoms with van der Waals surface area (Å²) in [6.07, 6.45) is 18.0. The van der Waals surface area contributed by atoms with Crippen LogP contribution in [-0.2, 0) is 11.2 Å². The Balaban J connectivity index is 1.55. The number of unbranched alkanes of at least 4 members (excludes halogenated alkanes) is 3. The Morgan fingerprint density at radius 1 is 0.962 bits per heavy atom. The Bertz CT molecular complexity index is 547. The summed E-state index contributed by atoms with van der Waals surface area (Å²) < 4.78 is 5.80. The fraction of sp³-hybridized carbons (Fsp3) is 0.500. The van der Waals surface area contributed by atoms with Gasteiger partial charge in [0.25, 0.3) is 0 Å². The third kappa shape index (κ3) is 9.05. The summed E-state index contributed by atoms with van der Waals surface area (Å²) in [5.41, 5.74) is 1.43. The second kappa shape index (κ2) is 13.4. The van der Waals surface area contributed by atoms with E-state index in [1.807, 2.05) is 6.08 Å². The van der Waals surface area contributed by atoms with E-state index in [4.69, 9.17) is 4.74 Å². The lowest BCUT2D eigenvalue weighted by Crippen LogP contribution is -2.28. The maximum atomic E-state index is 5.80. The predicted molar refractivity (Wildman–Crippen MR) is 112 cm³/mol. The van der Waals surface area contributed by atoms with E-state index in [2.05, 4.69) is 60.0 Å². The Kier molecular flexibility index (Phi) is 10.6. The van der Waals surface area contributed by atoms with Crippen LogP contribution >= 0.6 is 0 Å². The van der Waals surface area contributed by atoms with Gasteiger partial charge in [-0.3, -0.25) is 0 Å². The van der Waals surface area contributed by atoms with E-state index < -0.39 is 0 Å². The monoisotopic (exact) mass is 353 g/mol. The van der Waals surface area contributed by atoms with Crippen LogP contribution in [0.3, 0.4) is 0 Å². The van der Waals surface area contributed by atoms with Gasteiger partial charge in [0.2, 0.25) is 0 Å². The quantitative estimate of drug-likeness (QED) is 0.304. The van der Waals surface area contributed by atoms with Crippen molar-refractivity contribution in [1.29, 1.82) is 0 Å². The van der Waals surface area contributed by atoms with Crippen LogP contribution in [0.15, 0.2) is 67.0 Å². The van der Waals surface area contributed by atoms with Crippen LogP contribution in [-0.4, -0.2) is 31.1 Å². The smallest absolute Gasteiger partial charge is 0.114 e. The molecule has 0 amide bonds. The predicted octanol–water partition coefficient (Wildman–Crippen LogP) is 5.92. The van der Waals surface area contributed by atoms with Gasteiger partial charge in [-0.15, -0.1) is 6.58 Å². The van der Waals surface area contributed by atoms with Crippen molar-refractivity contribution < 1.29 is 4.74 Å². The van der Waals surface area contributed by atoms with E-state index in [9.17, 15) is 0 Å². The van der Waals surface area contributed by atoms with Gasteiger partial charge in [0.15, 0.2) is 0 Å². The number of nitrogens with zero attached hydrogens (tertiary/aromatic N) is 1. The van der Waals surface area contributed by atoms with Gasteiger partial charge in [0.05, 0.1) is 6.61 Å². The molecule has 1 aliphatic rings. The first-order chi connectivity index (χ1) is 12.9. The molecule has 0 aromatic heterocycles. The van der Waals surface area contributed by atoms with Gasteiger partial charge in [-0.1, -0.05) is 55.3 Å². The number of hydrogen-bond donors (Lipinski definition) is 0. The number of hydrogen-bond acceptors (Lipinski definition) is 2. The van der Waals surface area contributed by atoms with Crippen molar-refractivity contribution in [2.24, 2.45) is 0 Å². The van der Waals surface area contributed by atoms with E-state index >= 15 is 0 Å². The molecule has 0 atom stereocenters. The molecule has 2 heteroatoms. The van der Waals surface area contributed by atoms with Gasteiger partial charge in [-0.25, -0.2) is 0 Å². The molecule has 0 heterocycles. The molecule has 0 saturated heterocycles. The van der Waals surface area contributed by atoms with Crippen LogP contribution in [0.2, 0.25) is 0 Å². The second-order valence-corrected chi connectivity index (χ2v) is 7.00. The Morgan fingerprint density at radius 3 is 2.58 bits per heavy atom. The SMILES string of the molecule is C=CCCN(CCCCCCOC1=CCCC=C1)CCc1ccccc1. The highest BCUT2D eigenvalue weighted by Gasteiger charge is 2.05. The van der Waals surface area contributed by atoms with E-state index in [1.54, 1.807) is 0 Å². The molecular formula is C24H35NO. The molecule has 142 valence electrons. The summed E-state index contributed by atoms with van der Waals surface area (Å²) in [5, 5.41) is 0. The minimum absolute atomic E-state index is 0.852. The van der Waals surface area contributed by atoms with E-state index in [-0.39, 0.29) is 0 Å². The summed E-state index contributed by atoms with van der Waals surface area (Å²) in [5.74, 6) is 1.06. The number of benzene rings is 1. The van der Waals surface area contributed by atoms with E-state index in [1.165, 1.54) is 31.4 Å². The normalized spacial score (nSPS) is 13.7. The fourth-order valence-corrected chi connectivity index (χ4v) is 3.22. The van der Waals surface area contributed by atoms with Gasteiger partial charge in [0.1, 0.15) is 5.76 Å². The molecule has 1 aliphatic carbocycles. The van der Waals surface area contributed by atoms with Crippen molar-refractivity contribution in [2.45, 2.75) is 51.4 Å². The van der Waals surface area contributed by atoms with Gasteiger partial charge in [0, 0.05) is 13.1 Å². The standard InChI is InChI=1S/C24H35NO/c1-2-3-19-25(21-18-23-14-8-6-9-15-23)20-12-4-5-13-22-26-24-16-10-7-11-17-24/h2,6,8-10,14-17H,1,3-5,7,11-13,18-22H2. The van der Waals surface area contributed by atoms with Crippen molar-refractivity contribution in [1.82, 2.24) is 4.90 Å². The number of ether oxygens (including phenoxy) is 1. The molecule has 0 N–H and O–H groups in total. The summed E-state index contributed by atoms with van der Waals surface area (Å²) >= 11 is 0. The average Bonchev–Trinajstić information content (AvgIpc) is 2.70. The maximum absolute atomic E-state index is 5.80. The molecule has 0 saturated carbocycles. The lowest BCUT2D eigenvalue weighted by molar-refractivity contribution is 0.213. The summed E-state index contributed by atoms with van der Waals surface area (Å²) in [6, 6.07) is 10.8. The zero-order valence-corrected chi connectivity index (χ0v) is 16.2. The molecular weight excluding hydrogens is 318 g/mol. The lowest BCUT2D eigenvalue weighted by Gasteiger charge is -2.21. The highest BCUT2D eigenvalue weighted by Crippen LogP contribution is 2.12. The van der Waals surface area contributed by atoms with Crippen molar-refractivity contribution >= 4 is 0 Å². The first kappa shape index (κ1) is 20.5. The highest BCUT2D eigenvalue weighted by molar-refractivity contribution is 5.16. The van der Waals surface area contributed by atoms with Crippen LogP contribution in [0, 0.1) is 0 Å². The second-order valence-electron chi connectivity index (χ2n) is 7.00. The maximum Gasteiger partial charge on any atom is 0.114 e. The third-order valence-electron chi connectivity index (χ3n) is 4.81. The topological polar surface area (TPSA) is 12.5 Å². The summed E-state index contributed by atoms with van der Waals surface area (Å²) in [6.45, 7) is 8.18. The first-order valence-corrected chi connectivity index (χ1v) is 10.2.